The molecular formula is C17H23FN4O. The van der Waals surface area contributed by atoms with Crippen molar-refractivity contribution >= 4 is 0 Å². The topological polar surface area (TPSA) is 54.2 Å². The monoisotopic (exact) mass is 318 g/mol. The van der Waals surface area contributed by atoms with Gasteiger partial charge in [0.1, 0.15) is 0 Å². The van der Waals surface area contributed by atoms with Crippen LogP contribution < -0.4 is 0 Å². The van der Waals surface area contributed by atoms with Gasteiger partial charge in [0.05, 0.1) is 11.8 Å². The van der Waals surface area contributed by atoms with Crippen molar-refractivity contribution in [2.75, 3.05) is 13.1 Å². The second-order valence-corrected chi connectivity index (χ2v) is 6.22. The minimum absolute atomic E-state index is 0.314. The van der Waals surface area contributed by atoms with Gasteiger partial charge in [-0.25, -0.2) is 4.98 Å². The molecule has 1 N–H and O–H groups in total. The molecule has 6 heteroatoms. The van der Waals surface area contributed by atoms with Gasteiger partial charge in [-0.15, -0.1) is 0 Å². The molecule has 5 nitrogen and oxygen atoms in total. The summed E-state index contributed by atoms with van der Waals surface area (Å²) in [5.74, 6) is -0.566. The van der Waals surface area contributed by atoms with E-state index in [1.807, 2.05) is 10.9 Å². The normalized spacial score (nSPS) is 18.3. The third kappa shape index (κ3) is 3.14. The van der Waals surface area contributed by atoms with E-state index in [4.69, 9.17) is 0 Å². The third-order valence-electron chi connectivity index (χ3n) is 4.84. The quantitative estimate of drug-likeness (QED) is 0.879. The summed E-state index contributed by atoms with van der Waals surface area (Å²) in [4.78, 5) is 5.94. The van der Waals surface area contributed by atoms with Gasteiger partial charge >= 0.3 is 0 Å². The van der Waals surface area contributed by atoms with Gasteiger partial charge in [0.15, 0.2) is 0 Å². The Morgan fingerprint density at radius 3 is 2.70 bits per heavy atom. The van der Waals surface area contributed by atoms with Crippen LogP contribution in [0.3, 0.4) is 0 Å². The molecule has 0 amide bonds. The number of aryl methyl sites for hydroxylation is 1. The molecule has 2 aromatic heterocycles. The zero-order valence-electron chi connectivity index (χ0n) is 13.7. The first-order valence-corrected chi connectivity index (χ1v) is 8.10. The minimum atomic E-state index is -1.11. The Bertz CT molecular complexity index is 677. The first kappa shape index (κ1) is 16.1. The molecule has 23 heavy (non-hydrogen) atoms. The molecule has 1 saturated heterocycles. The number of likely N-dealkylation sites (tertiary alicyclic amines) is 1. The van der Waals surface area contributed by atoms with Crippen molar-refractivity contribution in [3.05, 3.63) is 47.3 Å². The van der Waals surface area contributed by atoms with Crippen molar-refractivity contribution in [3.63, 3.8) is 0 Å². The van der Waals surface area contributed by atoms with Gasteiger partial charge in [0.25, 0.3) is 0 Å². The second kappa shape index (κ2) is 6.37. The summed E-state index contributed by atoms with van der Waals surface area (Å²) >= 11 is 0. The zero-order chi connectivity index (χ0) is 16.4. The van der Waals surface area contributed by atoms with Crippen molar-refractivity contribution in [3.8, 4) is 0 Å². The summed E-state index contributed by atoms with van der Waals surface area (Å²) in [5.41, 5.74) is 1.60. The fraction of sp³-hybridized carbons (Fsp3) is 0.529. The SMILES string of the molecule is CCn1ncc(CN2CCC(O)(c3cccnc3F)CC2)c1C. The molecule has 0 saturated carbocycles. The summed E-state index contributed by atoms with van der Waals surface area (Å²) in [6.45, 7) is 7.29. The number of hydrogen-bond acceptors (Lipinski definition) is 4. The first-order chi connectivity index (χ1) is 11.0. The molecule has 3 rings (SSSR count). The van der Waals surface area contributed by atoms with Gasteiger partial charge in [0, 0.05) is 49.2 Å². The van der Waals surface area contributed by atoms with Gasteiger partial charge in [0.2, 0.25) is 5.95 Å². The van der Waals surface area contributed by atoms with Crippen LogP contribution in [0, 0.1) is 12.9 Å². The summed E-state index contributed by atoms with van der Waals surface area (Å²) in [6, 6.07) is 3.30. The van der Waals surface area contributed by atoms with E-state index in [9.17, 15) is 9.50 Å². The molecule has 3 heterocycles. The highest BCUT2D eigenvalue weighted by molar-refractivity contribution is 5.21. The lowest BCUT2D eigenvalue weighted by atomic mass is 9.85. The largest absolute Gasteiger partial charge is 0.385 e. The van der Waals surface area contributed by atoms with Crippen LogP contribution in [-0.4, -0.2) is 37.9 Å². The van der Waals surface area contributed by atoms with E-state index in [2.05, 4.69) is 28.8 Å². The van der Waals surface area contributed by atoms with Gasteiger partial charge in [-0.2, -0.15) is 9.49 Å². The number of halogens is 1. The molecule has 0 atom stereocenters. The molecule has 1 aliphatic rings. The summed E-state index contributed by atoms with van der Waals surface area (Å²) < 4.78 is 15.8. The maximum atomic E-state index is 13.9. The lowest BCUT2D eigenvalue weighted by Crippen LogP contribution is -2.42. The Labute approximate surface area is 135 Å². The smallest absolute Gasteiger partial charge is 0.218 e. The maximum absolute atomic E-state index is 13.9. The van der Waals surface area contributed by atoms with E-state index >= 15 is 0 Å². The van der Waals surface area contributed by atoms with Crippen molar-refractivity contribution in [1.82, 2.24) is 19.7 Å². The second-order valence-electron chi connectivity index (χ2n) is 6.22. The number of rotatable bonds is 4. The van der Waals surface area contributed by atoms with Gasteiger partial charge in [-0.1, -0.05) is 6.07 Å². The van der Waals surface area contributed by atoms with Gasteiger partial charge in [-0.05, 0) is 32.8 Å². The van der Waals surface area contributed by atoms with Crippen LogP contribution in [0.15, 0.2) is 24.5 Å². The van der Waals surface area contributed by atoms with Crippen LogP contribution in [0.5, 0.6) is 0 Å². The summed E-state index contributed by atoms with van der Waals surface area (Å²) in [5, 5.41) is 15.2. The Balaban J connectivity index is 1.66. The van der Waals surface area contributed by atoms with E-state index in [1.165, 1.54) is 17.5 Å². The Kier molecular flexibility index (Phi) is 4.46. The highest BCUT2D eigenvalue weighted by atomic mass is 19.1. The number of aliphatic hydroxyl groups is 1. The third-order valence-corrected chi connectivity index (χ3v) is 4.84. The molecule has 0 bridgehead atoms. The van der Waals surface area contributed by atoms with Crippen LogP contribution in [0.1, 0.15) is 36.6 Å². The molecular weight excluding hydrogens is 295 g/mol. The van der Waals surface area contributed by atoms with E-state index in [-0.39, 0.29) is 0 Å². The number of hydrogen-bond donors (Lipinski definition) is 1. The average molecular weight is 318 g/mol. The van der Waals surface area contributed by atoms with Crippen LogP contribution in [0.25, 0.3) is 0 Å². The highest BCUT2D eigenvalue weighted by Crippen LogP contribution is 2.34. The van der Waals surface area contributed by atoms with E-state index < -0.39 is 11.5 Å². The average Bonchev–Trinajstić information content (AvgIpc) is 2.90. The predicted molar refractivity (Wildman–Crippen MR) is 85.2 cm³/mol. The molecule has 2 aromatic rings. The van der Waals surface area contributed by atoms with Crippen molar-refractivity contribution in [2.24, 2.45) is 0 Å². The maximum Gasteiger partial charge on any atom is 0.218 e. The molecule has 0 unspecified atom stereocenters. The molecule has 1 fully saturated rings. The Morgan fingerprint density at radius 1 is 1.35 bits per heavy atom. The number of pyridine rings is 1. The van der Waals surface area contributed by atoms with Crippen LogP contribution in [0.2, 0.25) is 0 Å². The molecule has 0 aliphatic carbocycles. The minimum Gasteiger partial charge on any atom is -0.385 e. The Hall–Kier alpha value is -1.79. The number of aromatic nitrogens is 3. The van der Waals surface area contributed by atoms with Crippen LogP contribution in [0.4, 0.5) is 4.39 Å². The standard InChI is InChI=1S/C17H23FN4O/c1-3-22-13(2)14(11-20-22)12-21-9-6-17(23,7-10-21)15-5-4-8-19-16(15)18/h4-5,8,11,23H,3,6-7,9-10,12H2,1-2H3. The molecule has 0 radical (unpaired) electrons. The van der Waals surface area contributed by atoms with Crippen molar-refractivity contribution in [1.29, 1.82) is 0 Å². The summed E-state index contributed by atoms with van der Waals surface area (Å²) in [7, 11) is 0. The molecule has 1 aliphatic heterocycles. The molecule has 0 spiro atoms. The highest BCUT2D eigenvalue weighted by Gasteiger charge is 2.36. The van der Waals surface area contributed by atoms with Crippen LogP contribution in [-0.2, 0) is 18.7 Å². The molecule has 124 valence electrons. The predicted octanol–water partition coefficient (Wildman–Crippen LogP) is 2.23. The lowest BCUT2D eigenvalue weighted by molar-refractivity contribution is -0.0308. The number of piperidine rings is 1. The fourth-order valence-electron chi connectivity index (χ4n) is 3.28. The number of nitrogens with zero attached hydrogens (tertiary/aromatic N) is 4. The first-order valence-electron chi connectivity index (χ1n) is 8.10. The fourth-order valence-corrected chi connectivity index (χ4v) is 3.28. The zero-order valence-corrected chi connectivity index (χ0v) is 13.7. The van der Waals surface area contributed by atoms with Gasteiger partial charge < -0.3 is 5.11 Å². The van der Waals surface area contributed by atoms with E-state index in [0.29, 0.717) is 18.4 Å². The summed E-state index contributed by atoms with van der Waals surface area (Å²) in [6.07, 6.45) is 4.35. The van der Waals surface area contributed by atoms with Gasteiger partial charge in [-0.3, -0.25) is 9.58 Å². The molecule has 0 aromatic carbocycles. The Morgan fingerprint density at radius 2 is 2.09 bits per heavy atom. The van der Waals surface area contributed by atoms with E-state index in [1.54, 1.807) is 12.1 Å². The lowest BCUT2D eigenvalue weighted by Gasteiger charge is -2.38. The van der Waals surface area contributed by atoms with Crippen molar-refractivity contribution < 1.29 is 9.50 Å². The van der Waals surface area contributed by atoms with Crippen molar-refractivity contribution in [2.45, 2.75) is 45.4 Å². The van der Waals surface area contributed by atoms with Crippen LogP contribution >= 0.6 is 0 Å². The van der Waals surface area contributed by atoms with E-state index in [0.717, 1.165) is 26.2 Å².